The van der Waals surface area contributed by atoms with Gasteiger partial charge in [0.25, 0.3) is 5.91 Å². The van der Waals surface area contributed by atoms with Crippen LogP contribution in [0.25, 0.3) is 5.82 Å². The number of hydrogen-bond acceptors (Lipinski definition) is 4. The lowest BCUT2D eigenvalue weighted by atomic mass is 10.2. The third-order valence-corrected chi connectivity index (χ3v) is 4.42. The molecular weight excluding hydrogens is 316 g/mol. The van der Waals surface area contributed by atoms with Crippen LogP contribution in [0.2, 0.25) is 0 Å². The standard InChI is InChI=1S/C16H22N4O2.ClH/c1-10-7-14(16(21)19-6-4-5-13(19)9-17)12(3)20(10)15-8-11(2)22-18-15;/h7-8,13H,4-6,9,17H2,1-3H3;1H. The lowest BCUT2D eigenvalue weighted by molar-refractivity contribution is 0.0740. The Labute approximate surface area is 142 Å². The van der Waals surface area contributed by atoms with Gasteiger partial charge in [-0.2, -0.15) is 0 Å². The van der Waals surface area contributed by atoms with Crippen molar-refractivity contribution in [1.29, 1.82) is 0 Å². The number of aryl methyl sites for hydroxylation is 2. The highest BCUT2D eigenvalue weighted by molar-refractivity contribution is 5.96. The van der Waals surface area contributed by atoms with Gasteiger partial charge in [-0.05, 0) is 39.7 Å². The van der Waals surface area contributed by atoms with Crippen molar-refractivity contribution in [2.45, 2.75) is 39.7 Å². The molecule has 1 aliphatic rings. The Morgan fingerprint density at radius 3 is 2.74 bits per heavy atom. The average Bonchev–Trinajstić information content (AvgIpc) is 3.18. The molecule has 1 fully saturated rings. The first-order valence-electron chi connectivity index (χ1n) is 7.66. The average molecular weight is 339 g/mol. The summed E-state index contributed by atoms with van der Waals surface area (Å²) >= 11 is 0. The molecule has 1 atom stereocenters. The summed E-state index contributed by atoms with van der Waals surface area (Å²) in [5, 5.41) is 4.05. The van der Waals surface area contributed by atoms with Crippen LogP contribution in [0.3, 0.4) is 0 Å². The van der Waals surface area contributed by atoms with E-state index in [1.807, 2.05) is 42.4 Å². The summed E-state index contributed by atoms with van der Waals surface area (Å²) in [5.41, 5.74) is 8.36. The summed E-state index contributed by atoms with van der Waals surface area (Å²) in [5.74, 6) is 1.52. The summed E-state index contributed by atoms with van der Waals surface area (Å²) in [6.45, 7) is 7.07. The number of rotatable bonds is 3. The molecule has 2 aromatic rings. The lowest BCUT2D eigenvalue weighted by Gasteiger charge is -2.23. The van der Waals surface area contributed by atoms with Crippen LogP contribution in [0.1, 0.15) is 40.3 Å². The number of carbonyl (C=O) groups is 1. The molecule has 0 saturated carbocycles. The minimum absolute atomic E-state index is 0. The Bertz CT molecular complexity index is 707. The Balaban J connectivity index is 0.00000192. The van der Waals surface area contributed by atoms with Crippen molar-refractivity contribution < 1.29 is 9.32 Å². The van der Waals surface area contributed by atoms with Crippen molar-refractivity contribution in [3.05, 3.63) is 34.8 Å². The van der Waals surface area contributed by atoms with Crippen molar-refractivity contribution in [3.63, 3.8) is 0 Å². The van der Waals surface area contributed by atoms with Gasteiger partial charge in [0.15, 0.2) is 5.82 Å². The van der Waals surface area contributed by atoms with Gasteiger partial charge in [-0.3, -0.25) is 9.36 Å². The molecule has 126 valence electrons. The molecule has 0 spiro atoms. The molecule has 0 bridgehead atoms. The highest BCUT2D eigenvalue weighted by Gasteiger charge is 2.30. The van der Waals surface area contributed by atoms with Crippen LogP contribution in [0.15, 0.2) is 16.7 Å². The Morgan fingerprint density at radius 1 is 1.39 bits per heavy atom. The maximum atomic E-state index is 12.9. The Morgan fingerprint density at radius 2 is 2.13 bits per heavy atom. The van der Waals surface area contributed by atoms with Crippen molar-refractivity contribution in [2.24, 2.45) is 5.73 Å². The second-order valence-corrected chi connectivity index (χ2v) is 5.95. The molecule has 7 heteroatoms. The summed E-state index contributed by atoms with van der Waals surface area (Å²) in [7, 11) is 0. The highest BCUT2D eigenvalue weighted by Crippen LogP contribution is 2.25. The number of nitrogens with two attached hydrogens (primary N) is 1. The van der Waals surface area contributed by atoms with E-state index < -0.39 is 0 Å². The predicted octanol–water partition coefficient (Wildman–Crippen LogP) is 2.38. The van der Waals surface area contributed by atoms with Crippen LogP contribution in [0.5, 0.6) is 0 Å². The number of amides is 1. The molecule has 1 amide bonds. The van der Waals surface area contributed by atoms with Crippen LogP contribution < -0.4 is 5.73 Å². The second-order valence-electron chi connectivity index (χ2n) is 5.95. The quantitative estimate of drug-likeness (QED) is 0.932. The van der Waals surface area contributed by atoms with Gasteiger partial charge in [0.2, 0.25) is 0 Å². The third-order valence-electron chi connectivity index (χ3n) is 4.42. The van der Waals surface area contributed by atoms with Crippen molar-refractivity contribution in [1.82, 2.24) is 14.6 Å². The molecule has 0 radical (unpaired) electrons. The van der Waals surface area contributed by atoms with E-state index in [-0.39, 0.29) is 24.4 Å². The zero-order chi connectivity index (χ0) is 15.9. The van der Waals surface area contributed by atoms with E-state index in [0.29, 0.717) is 12.4 Å². The van der Waals surface area contributed by atoms with E-state index in [0.717, 1.165) is 42.1 Å². The molecule has 6 nitrogen and oxygen atoms in total. The van der Waals surface area contributed by atoms with Crippen LogP contribution >= 0.6 is 12.4 Å². The first kappa shape index (κ1) is 17.6. The van der Waals surface area contributed by atoms with E-state index in [4.69, 9.17) is 10.3 Å². The zero-order valence-corrected chi connectivity index (χ0v) is 14.5. The maximum Gasteiger partial charge on any atom is 0.255 e. The normalized spacial score (nSPS) is 17.4. The zero-order valence-electron chi connectivity index (χ0n) is 13.7. The summed E-state index contributed by atoms with van der Waals surface area (Å²) in [6, 6.07) is 3.95. The van der Waals surface area contributed by atoms with Gasteiger partial charge in [-0.25, -0.2) is 0 Å². The van der Waals surface area contributed by atoms with Gasteiger partial charge >= 0.3 is 0 Å². The molecule has 1 saturated heterocycles. The molecule has 3 rings (SSSR count). The van der Waals surface area contributed by atoms with Crippen LogP contribution in [0.4, 0.5) is 0 Å². The van der Waals surface area contributed by atoms with E-state index in [1.165, 1.54) is 0 Å². The smallest absolute Gasteiger partial charge is 0.255 e. The largest absolute Gasteiger partial charge is 0.360 e. The van der Waals surface area contributed by atoms with Crippen molar-refractivity contribution >= 4 is 18.3 Å². The van der Waals surface area contributed by atoms with E-state index in [2.05, 4.69) is 5.16 Å². The third kappa shape index (κ3) is 3.01. The van der Waals surface area contributed by atoms with Crippen molar-refractivity contribution in [2.75, 3.05) is 13.1 Å². The van der Waals surface area contributed by atoms with Gasteiger partial charge in [-0.15, -0.1) is 12.4 Å². The topological polar surface area (TPSA) is 77.3 Å². The Hall–Kier alpha value is -1.79. The highest BCUT2D eigenvalue weighted by atomic mass is 35.5. The van der Waals surface area contributed by atoms with Crippen LogP contribution in [0, 0.1) is 20.8 Å². The molecule has 1 unspecified atom stereocenters. The molecular formula is C16H23ClN4O2. The van der Waals surface area contributed by atoms with E-state index in [1.54, 1.807) is 0 Å². The monoisotopic (exact) mass is 338 g/mol. The molecule has 0 aliphatic carbocycles. The lowest BCUT2D eigenvalue weighted by Crippen LogP contribution is -2.40. The number of carbonyl (C=O) groups excluding carboxylic acids is 1. The second kappa shape index (κ2) is 6.76. The summed E-state index contributed by atoms with van der Waals surface area (Å²) in [4.78, 5) is 14.8. The predicted molar refractivity (Wildman–Crippen MR) is 90.4 cm³/mol. The van der Waals surface area contributed by atoms with Gasteiger partial charge in [0, 0.05) is 36.6 Å². The molecule has 1 aliphatic heterocycles. The van der Waals surface area contributed by atoms with Gasteiger partial charge in [0.05, 0.1) is 5.56 Å². The fourth-order valence-corrected chi connectivity index (χ4v) is 3.29. The van der Waals surface area contributed by atoms with E-state index in [9.17, 15) is 4.79 Å². The van der Waals surface area contributed by atoms with Gasteiger partial charge in [-0.1, -0.05) is 5.16 Å². The maximum absolute atomic E-state index is 12.9. The molecule has 23 heavy (non-hydrogen) atoms. The molecule has 2 N–H and O–H groups in total. The first-order chi connectivity index (χ1) is 10.5. The molecule has 2 aromatic heterocycles. The minimum atomic E-state index is 0. The van der Waals surface area contributed by atoms with E-state index >= 15 is 0 Å². The number of hydrogen-bond donors (Lipinski definition) is 1. The molecule has 0 aromatic carbocycles. The van der Waals surface area contributed by atoms with Crippen LogP contribution in [-0.2, 0) is 0 Å². The van der Waals surface area contributed by atoms with Crippen molar-refractivity contribution in [3.8, 4) is 5.82 Å². The van der Waals surface area contributed by atoms with Gasteiger partial charge < -0.3 is 15.2 Å². The number of likely N-dealkylation sites (tertiary alicyclic amines) is 1. The summed E-state index contributed by atoms with van der Waals surface area (Å²) in [6.07, 6.45) is 2.01. The number of halogens is 1. The fraction of sp³-hybridized carbons (Fsp3) is 0.500. The Kier molecular flexibility index (Phi) is 5.16. The molecule has 3 heterocycles. The van der Waals surface area contributed by atoms with Crippen LogP contribution in [-0.4, -0.2) is 39.7 Å². The SMILES string of the molecule is Cc1cc(-n2c(C)cc(C(=O)N3CCCC3CN)c2C)no1.Cl. The van der Waals surface area contributed by atoms with Gasteiger partial charge in [0.1, 0.15) is 5.76 Å². The summed E-state index contributed by atoms with van der Waals surface area (Å²) < 4.78 is 7.11. The fourth-order valence-electron chi connectivity index (χ4n) is 3.29. The first-order valence-corrected chi connectivity index (χ1v) is 7.66. The minimum Gasteiger partial charge on any atom is -0.360 e. The number of nitrogens with zero attached hydrogens (tertiary/aromatic N) is 3. The number of aromatic nitrogens is 2.